The maximum atomic E-state index is 12.2. The van der Waals surface area contributed by atoms with Crippen molar-refractivity contribution in [2.45, 2.75) is 13.3 Å². The van der Waals surface area contributed by atoms with E-state index in [0.29, 0.717) is 12.0 Å². The molecule has 0 aliphatic heterocycles. The van der Waals surface area contributed by atoms with Gasteiger partial charge in [0.2, 0.25) is 0 Å². The van der Waals surface area contributed by atoms with Gasteiger partial charge in [-0.2, -0.15) is 0 Å². The van der Waals surface area contributed by atoms with Crippen LogP contribution in [0, 0.1) is 0 Å². The number of benzene rings is 1. The topological polar surface area (TPSA) is 83.2 Å². The number of ketones is 1. The highest BCUT2D eigenvalue weighted by Crippen LogP contribution is 2.19. The second-order valence-electron chi connectivity index (χ2n) is 3.67. The summed E-state index contributed by atoms with van der Waals surface area (Å²) in [6.45, 7) is 1.75. The minimum Gasteiger partial charge on any atom is -0.543 e. The van der Waals surface area contributed by atoms with Crippen molar-refractivity contribution in [2.24, 2.45) is 0 Å². The van der Waals surface area contributed by atoms with Crippen molar-refractivity contribution in [3.63, 3.8) is 0 Å². The molecule has 92 valence electrons. The SMILES string of the molecule is CCc1onc(C(=O)[O-])c1C(=O)c1ccccc1. The van der Waals surface area contributed by atoms with Gasteiger partial charge in [-0.25, -0.2) is 0 Å². The molecular weight excluding hydrogens is 234 g/mol. The average Bonchev–Trinajstić information content (AvgIpc) is 2.82. The Morgan fingerprint density at radius 1 is 1.28 bits per heavy atom. The molecule has 1 aromatic heterocycles. The van der Waals surface area contributed by atoms with Crippen molar-refractivity contribution in [3.05, 3.63) is 52.9 Å². The van der Waals surface area contributed by atoms with E-state index in [9.17, 15) is 14.7 Å². The fraction of sp³-hybridized carbons (Fsp3) is 0.154. The first-order chi connectivity index (χ1) is 8.65. The van der Waals surface area contributed by atoms with Gasteiger partial charge in [-0.3, -0.25) is 4.79 Å². The highest BCUT2D eigenvalue weighted by atomic mass is 16.5. The van der Waals surface area contributed by atoms with E-state index in [0.717, 1.165) is 0 Å². The minimum atomic E-state index is -1.52. The molecule has 0 radical (unpaired) electrons. The molecule has 0 fully saturated rings. The predicted octanol–water partition coefficient (Wildman–Crippen LogP) is 0.831. The van der Waals surface area contributed by atoms with E-state index < -0.39 is 17.4 Å². The summed E-state index contributed by atoms with van der Waals surface area (Å²) in [7, 11) is 0. The van der Waals surface area contributed by atoms with Gasteiger partial charge in [-0.05, 0) is 0 Å². The zero-order chi connectivity index (χ0) is 13.1. The van der Waals surface area contributed by atoms with Crippen molar-refractivity contribution in [1.82, 2.24) is 5.16 Å². The number of aryl methyl sites for hydroxylation is 1. The van der Waals surface area contributed by atoms with Gasteiger partial charge in [0.15, 0.2) is 5.78 Å². The lowest BCUT2D eigenvalue weighted by Gasteiger charge is -2.03. The quantitative estimate of drug-likeness (QED) is 0.744. The van der Waals surface area contributed by atoms with Gasteiger partial charge in [0.05, 0.1) is 11.5 Å². The lowest BCUT2D eigenvalue weighted by atomic mass is 10.0. The van der Waals surface area contributed by atoms with Gasteiger partial charge in [0.1, 0.15) is 11.5 Å². The maximum Gasteiger partial charge on any atom is 0.198 e. The molecule has 2 rings (SSSR count). The normalized spacial score (nSPS) is 10.3. The Labute approximate surface area is 103 Å². The molecule has 0 bridgehead atoms. The van der Waals surface area contributed by atoms with E-state index in [1.54, 1.807) is 37.3 Å². The first-order valence-corrected chi connectivity index (χ1v) is 5.44. The number of rotatable bonds is 4. The van der Waals surface area contributed by atoms with E-state index in [-0.39, 0.29) is 11.3 Å². The van der Waals surface area contributed by atoms with E-state index in [4.69, 9.17) is 4.52 Å². The Morgan fingerprint density at radius 2 is 1.94 bits per heavy atom. The van der Waals surface area contributed by atoms with Crippen LogP contribution in [0.25, 0.3) is 0 Å². The summed E-state index contributed by atoms with van der Waals surface area (Å²) in [4.78, 5) is 23.1. The first kappa shape index (κ1) is 12.0. The first-order valence-electron chi connectivity index (χ1n) is 5.44. The van der Waals surface area contributed by atoms with Crippen LogP contribution in [-0.2, 0) is 6.42 Å². The Morgan fingerprint density at radius 3 is 2.50 bits per heavy atom. The molecule has 1 heterocycles. The van der Waals surface area contributed by atoms with Crippen LogP contribution in [0.1, 0.15) is 39.1 Å². The predicted molar refractivity (Wildman–Crippen MR) is 60.1 cm³/mol. The number of carbonyl (C=O) groups excluding carboxylic acids is 2. The van der Waals surface area contributed by atoms with Crippen LogP contribution in [0.2, 0.25) is 0 Å². The third-order valence-electron chi connectivity index (χ3n) is 2.54. The number of carboxylic acids is 1. The van der Waals surface area contributed by atoms with Gasteiger partial charge < -0.3 is 14.4 Å². The lowest BCUT2D eigenvalue weighted by molar-refractivity contribution is -0.255. The smallest absolute Gasteiger partial charge is 0.198 e. The molecular formula is C13H10NO4-. The van der Waals surface area contributed by atoms with Crippen LogP contribution in [-0.4, -0.2) is 16.9 Å². The van der Waals surface area contributed by atoms with Crippen LogP contribution in [0.4, 0.5) is 0 Å². The van der Waals surface area contributed by atoms with Crippen molar-refractivity contribution < 1.29 is 19.2 Å². The highest BCUT2D eigenvalue weighted by Gasteiger charge is 2.23. The van der Waals surface area contributed by atoms with Crippen LogP contribution < -0.4 is 5.11 Å². The Kier molecular flexibility index (Phi) is 3.23. The van der Waals surface area contributed by atoms with Gasteiger partial charge in [-0.15, -0.1) is 0 Å². The third kappa shape index (κ3) is 2.02. The Balaban J connectivity index is 2.53. The van der Waals surface area contributed by atoms with Crippen LogP contribution in [0.15, 0.2) is 34.9 Å². The molecule has 0 unspecified atom stereocenters. The Hall–Kier alpha value is -2.43. The monoisotopic (exact) mass is 244 g/mol. The molecule has 5 heteroatoms. The van der Waals surface area contributed by atoms with Crippen LogP contribution in [0.5, 0.6) is 0 Å². The van der Waals surface area contributed by atoms with Crippen LogP contribution in [0.3, 0.4) is 0 Å². The van der Waals surface area contributed by atoms with Gasteiger partial charge in [0.25, 0.3) is 0 Å². The molecule has 1 aromatic carbocycles. The van der Waals surface area contributed by atoms with Gasteiger partial charge in [0, 0.05) is 12.0 Å². The minimum absolute atomic E-state index is 0.0244. The summed E-state index contributed by atoms with van der Waals surface area (Å²) in [5.41, 5.74) is -0.0812. The number of carbonyl (C=O) groups is 2. The number of hydrogen-bond donors (Lipinski definition) is 0. The summed E-state index contributed by atoms with van der Waals surface area (Å²) < 4.78 is 4.86. The summed E-state index contributed by atoms with van der Waals surface area (Å²) >= 11 is 0. The number of hydrogen-bond acceptors (Lipinski definition) is 5. The van der Waals surface area contributed by atoms with E-state index in [1.165, 1.54) is 0 Å². The standard InChI is InChI=1S/C13H11NO4/c1-2-9-10(11(13(16)17)14-18-9)12(15)8-6-4-3-5-7-8/h3-7H,2H2,1H3,(H,16,17)/p-1. The molecule has 0 aliphatic carbocycles. The second kappa shape index (κ2) is 4.83. The van der Waals surface area contributed by atoms with E-state index in [1.807, 2.05) is 0 Å². The summed E-state index contributed by atoms with van der Waals surface area (Å²) in [5, 5.41) is 14.3. The molecule has 18 heavy (non-hydrogen) atoms. The van der Waals surface area contributed by atoms with Crippen LogP contribution >= 0.6 is 0 Å². The van der Waals surface area contributed by atoms with Gasteiger partial charge in [-0.1, -0.05) is 42.4 Å². The zero-order valence-corrected chi connectivity index (χ0v) is 9.67. The highest BCUT2D eigenvalue weighted by molar-refractivity contribution is 6.13. The number of aromatic carboxylic acids is 1. The lowest BCUT2D eigenvalue weighted by Crippen LogP contribution is -2.25. The molecule has 0 saturated carbocycles. The molecule has 0 atom stereocenters. The Bertz CT molecular complexity index is 586. The maximum absolute atomic E-state index is 12.2. The van der Waals surface area contributed by atoms with Crippen molar-refractivity contribution >= 4 is 11.8 Å². The third-order valence-corrected chi connectivity index (χ3v) is 2.54. The molecule has 0 amide bonds. The van der Waals surface area contributed by atoms with E-state index >= 15 is 0 Å². The fourth-order valence-corrected chi connectivity index (χ4v) is 1.67. The number of aromatic nitrogens is 1. The summed E-state index contributed by atoms with van der Waals surface area (Å²) in [6, 6.07) is 8.38. The molecule has 0 saturated heterocycles. The number of nitrogens with zero attached hydrogens (tertiary/aromatic N) is 1. The summed E-state index contributed by atoms with van der Waals surface area (Å²) in [5.74, 6) is -1.69. The summed E-state index contributed by atoms with van der Waals surface area (Å²) in [6.07, 6.45) is 0.383. The average molecular weight is 244 g/mol. The largest absolute Gasteiger partial charge is 0.543 e. The molecule has 5 nitrogen and oxygen atoms in total. The number of carboxylic acid groups (broad SMARTS) is 1. The van der Waals surface area contributed by atoms with E-state index in [2.05, 4.69) is 5.16 Å². The molecule has 0 aliphatic rings. The molecule has 0 spiro atoms. The van der Waals surface area contributed by atoms with Gasteiger partial charge >= 0.3 is 0 Å². The molecule has 2 aromatic rings. The molecule has 0 N–H and O–H groups in total. The zero-order valence-electron chi connectivity index (χ0n) is 9.67. The van der Waals surface area contributed by atoms with Crippen molar-refractivity contribution in [2.75, 3.05) is 0 Å². The van der Waals surface area contributed by atoms with Crippen molar-refractivity contribution in [1.29, 1.82) is 0 Å². The fourth-order valence-electron chi connectivity index (χ4n) is 1.67. The second-order valence-corrected chi connectivity index (χ2v) is 3.67. The van der Waals surface area contributed by atoms with Crippen molar-refractivity contribution in [3.8, 4) is 0 Å².